The summed E-state index contributed by atoms with van der Waals surface area (Å²) in [6, 6.07) is 0. The molecule has 0 saturated carbocycles. The van der Waals surface area contributed by atoms with Crippen molar-refractivity contribution in [2.75, 3.05) is 0 Å². The first-order valence-corrected chi connectivity index (χ1v) is 9.58. The van der Waals surface area contributed by atoms with Gasteiger partial charge in [0.1, 0.15) is 11.4 Å². The van der Waals surface area contributed by atoms with Crippen LogP contribution in [0, 0.1) is 13.8 Å². The molecule has 0 spiro atoms. The summed E-state index contributed by atoms with van der Waals surface area (Å²) >= 11 is 0. The monoisotopic (exact) mass is 388 g/mol. The maximum atomic E-state index is 10.7. The molecule has 3 rings (SSSR count). The molecule has 1 aromatic rings. The van der Waals surface area contributed by atoms with Crippen LogP contribution in [0.2, 0.25) is 0 Å². The summed E-state index contributed by atoms with van der Waals surface area (Å²) in [5.74, 6) is 0.814. The van der Waals surface area contributed by atoms with Crippen LogP contribution in [-0.2, 0) is 0 Å². The number of hydrogen-bond donors (Lipinski definition) is 2. The molecule has 0 bridgehead atoms. The molecule has 3 heterocycles. The zero-order valence-corrected chi connectivity index (χ0v) is 18.6. The molecule has 0 aromatic carbocycles. The van der Waals surface area contributed by atoms with Gasteiger partial charge in [-0.3, -0.25) is 20.4 Å². The Bertz CT molecular complexity index is 824. The van der Waals surface area contributed by atoms with E-state index in [1.165, 1.54) is 10.1 Å². The van der Waals surface area contributed by atoms with Crippen LogP contribution in [-0.4, -0.2) is 64.3 Å². The SMILES string of the molecule is Cc1nc(C2=NC(C)(C)C(C)(C)N2O)c(C)nc1C1=NC(C)(C)C(C)(C)N1O. The van der Waals surface area contributed by atoms with E-state index in [-0.39, 0.29) is 0 Å². The molecular weight excluding hydrogens is 356 g/mol. The van der Waals surface area contributed by atoms with Crippen LogP contribution in [0.3, 0.4) is 0 Å². The molecule has 0 unspecified atom stereocenters. The minimum absolute atomic E-state index is 0.407. The van der Waals surface area contributed by atoms with E-state index in [0.717, 1.165) is 0 Å². The molecule has 0 saturated heterocycles. The number of aromatic nitrogens is 2. The molecule has 8 heteroatoms. The molecule has 8 nitrogen and oxygen atoms in total. The van der Waals surface area contributed by atoms with Crippen molar-refractivity contribution in [1.82, 2.24) is 20.1 Å². The number of amidine groups is 2. The molecule has 28 heavy (non-hydrogen) atoms. The van der Waals surface area contributed by atoms with E-state index in [9.17, 15) is 10.4 Å². The maximum absolute atomic E-state index is 10.7. The van der Waals surface area contributed by atoms with Gasteiger partial charge in [-0.15, -0.1) is 0 Å². The second kappa shape index (κ2) is 5.73. The van der Waals surface area contributed by atoms with E-state index < -0.39 is 22.2 Å². The Morgan fingerprint density at radius 3 is 1.11 bits per heavy atom. The Balaban J connectivity index is 2.10. The Kier molecular flexibility index (Phi) is 4.23. The molecular formula is C20H32N6O2. The number of aliphatic imine (C=N–C) groups is 2. The standard InChI is InChI=1S/C20H32N6O2/c1-11-13(15-23-17(3,4)19(7,8)25(15)27)22-12(2)14(21-11)16-24-18(5,6)20(9,10)26(16)28/h27-28H,1-10H3. The second-order valence-corrected chi connectivity index (χ2v) is 9.82. The van der Waals surface area contributed by atoms with E-state index >= 15 is 0 Å². The number of hydrogen-bond acceptors (Lipinski definition) is 8. The summed E-state index contributed by atoms with van der Waals surface area (Å²) in [6.07, 6.45) is 0. The Morgan fingerprint density at radius 2 is 0.893 bits per heavy atom. The van der Waals surface area contributed by atoms with Gasteiger partial charge in [-0.2, -0.15) is 0 Å². The predicted octanol–water partition coefficient (Wildman–Crippen LogP) is 3.11. The van der Waals surface area contributed by atoms with Crippen molar-refractivity contribution in [3.8, 4) is 0 Å². The van der Waals surface area contributed by atoms with Crippen molar-refractivity contribution >= 4 is 11.7 Å². The van der Waals surface area contributed by atoms with Gasteiger partial charge >= 0.3 is 0 Å². The molecule has 0 aliphatic carbocycles. The van der Waals surface area contributed by atoms with Gasteiger partial charge in [0.15, 0.2) is 11.7 Å². The highest BCUT2D eigenvalue weighted by Gasteiger charge is 2.51. The Hall–Kier alpha value is -2.06. The van der Waals surface area contributed by atoms with Gasteiger partial charge in [-0.05, 0) is 69.2 Å². The smallest absolute Gasteiger partial charge is 0.176 e. The van der Waals surface area contributed by atoms with Crippen LogP contribution in [0.5, 0.6) is 0 Å². The van der Waals surface area contributed by atoms with Crippen molar-refractivity contribution in [3.63, 3.8) is 0 Å². The molecule has 2 aliphatic rings. The highest BCUT2D eigenvalue weighted by Crippen LogP contribution is 2.39. The fraction of sp³-hybridized carbons (Fsp3) is 0.700. The lowest BCUT2D eigenvalue weighted by molar-refractivity contribution is -0.0997. The summed E-state index contributed by atoms with van der Waals surface area (Å²) in [5, 5.41) is 23.9. The van der Waals surface area contributed by atoms with Crippen LogP contribution >= 0.6 is 0 Å². The molecule has 2 N–H and O–H groups in total. The topological polar surface area (TPSA) is 97.4 Å². The van der Waals surface area contributed by atoms with E-state index in [2.05, 4.69) is 0 Å². The molecule has 2 aliphatic heterocycles. The first-order chi connectivity index (χ1) is 12.5. The summed E-state index contributed by atoms with van der Waals surface area (Å²) < 4.78 is 0. The third-order valence-electron chi connectivity index (χ3n) is 6.89. The maximum Gasteiger partial charge on any atom is 0.176 e. The molecule has 0 amide bonds. The average molecular weight is 389 g/mol. The molecule has 0 atom stereocenters. The van der Waals surface area contributed by atoms with Gasteiger partial charge in [0.25, 0.3) is 0 Å². The van der Waals surface area contributed by atoms with Crippen molar-refractivity contribution < 1.29 is 10.4 Å². The molecule has 154 valence electrons. The van der Waals surface area contributed by atoms with Crippen LogP contribution in [0.4, 0.5) is 0 Å². The van der Waals surface area contributed by atoms with E-state index in [4.69, 9.17) is 20.0 Å². The van der Waals surface area contributed by atoms with Gasteiger partial charge in [0.05, 0.1) is 33.5 Å². The largest absolute Gasteiger partial charge is 0.286 e. The number of aryl methyl sites for hydroxylation is 2. The van der Waals surface area contributed by atoms with E-state index in [1.807, 2.05) is 69.2 Å². The lowest BCUT2D eigenvalue weighted by atomic mass is 9.84. The highest BCUT2D eigenvalue weighted by molar-refractivity contribution is 6.02. The fourth-order valence-corrected chi connectivity index (χ4v) is 3.28. The van der Waals surface area contributed by atoms with Gasteiger partial charge in [0.2, 0.25) is 0 Å². The highest BCUT2D eigenvalue weighted by atomic mass is 16.5. The summed E-state index contributed by atoms with van der Waals surface area (Å²) in [7, 11) is 0. The van der Waals surface area contributed by atoms with Crippen LogP contribution < -0.4 is 0 Å². The Labute approximate surface area is 167 Å². The van der Waals surface area contributed by atoms with Crippen molar-refractivity contribution in [2.24, 2.45) is 9.98 Å². The first kappa shape index (κ1) is 20.7. The van der Waals surface area contributed by atoms with Crippen LogP contribution in [0.25, 0.3) is 0 Å². The van der Waals surface area contributed by atoms with Crippen LogP contribution in [0.15, 0.2) is 9.98 Å². The predicted molar refractivity (Wildman–Crippen MR) is 108 cm³/mol. The number of rotatable bonds is 2. The van der Waals surface area contributed by atoms with Crippen molar-refractivity contribution in [2.45, 2.75) is 91.4 Å². The van der Waals surface area contributed by atoms with E-state index in [1.54, 1.807) is 0 Å². The summed E-state index contributed by atoms with van der Waals surface area (Å²) in [4.78, 5) is 18.8. The normalized spacial score (nSPS) is 24.4. The van der Waals surface area contributed by atoms with Gasteiger partial charge in [-0.25, -0.2) is 20.1 Å². The van der Waals surface area contributed by atoms with Gasteiger partial charge in [-0.1, -0.05) is 0 Å². The zero-order valence-electron chi connectivity index (χ0n) is 18.6. The van der Waals surface area contributed by atoms with Crippen molar-refractivity contribution in [1.29, 1.82) is 0 Å². The van der Waals surface area contributed by atoms with E-state index in [0.29, 0.717) is 34.4 Å². The minimum atomic E-state index is -0.575. The lowest BCUT2D eigenvalue weighted by Crippen LogP contribution is -2.52. The van der Waals surface area contributed by atoms with Crippen molar-refractivity contribution in [3.05, 3.63) is 22.8 Å². The number of nitrogens with zero attached hydrogens (tertiary/aromatic N) is 6. The fourth-order valence-electron chi connectivity index (χ4n) is 3.28. The molecule has 0 fully saturated rings. The second-order valence-electron chi connectivity index (χ2n) is 9.82. The summed E-state index contributed by atoms with van der Waals surface area (Å²) in [5.41, 5.74) is 0.180. The molecule has 1 aromatic heterocycles. The Morgan fingerprint density at radius 1 is 0.607 bits per heavy atom. The molecule has 0 radical (unpaired) electrons. The minimum Gasteiger partial charge on any atom is -0.286 e. The van der Waals surface area contributed by atoms with Gasteiger partial charge in [0, 0.05) is 0 Å². The first-order valence-electron chi connectivity index (χ1n) is 9.58. The number of hydroxylamine groups is 4. The lowest BCUT2D eigenvalue weighted by Gasteiger charge is -2.37. The zero-order chi connectivity index (χ0) is 21.4. The average Bonchev–Trinajstić information content (AvgIpc) is 2.82. The van der Waals surface area contributed by atoms with Gasteiger partial charge < -0.3 is 0 Å². The quantitative estimate of drug-likeness (QED) is 0.808. The van der Waals surface area contributed by atoms with Crippen LogP contribution in [0.1, 0.15) is 78.2 Å². The summed E-state index contributed by atoms with van der Waals surface area (Å²) in [6.45, 7) is 19.3. The third-order valence-corrected chi connectivity index (χ3v) is 6.89. The third kappa shape index (κ3) is 2.58.